The summed E-state index contributed by atoms with van der Waals surface area (Å²) >= 11 is 0. The van der Waals surface area contributed by atoms with Gasteiger partial charge in [0.15, 0.2) is 0 Å². The van der Waals surface area contributed by atoms with Crippen molar-refractivity contribution in [2.45, 2.75) is 38.8 Å². The van der Waals surface area contributed by atoms with Crippen LogP contribution in [0.5, 0.6) is 0 Å². The van der Waals surface area contributed by atoms with Gasteiger partial charge in [-0.2, -0.15) is 0 Å². The van der Waals surface area contributed by atoms with Gasteiger partial charge in [0.05, 0.1) is 0 Å². The maximum atomic E-state index is 6.13. The molecule has 5 nitrogen and oxygen atoms in total. The van der Waals surface area contributed by atoms with E-state index in [0.717, 1.165) is 22.3 Å². The third kappa shape index (κ3) is 3.55. The van der Waals surface area contributed by atoms with Gasteiger partial charge < -0.3 is 22.9 Å². The molecule has 2 rings (SSSR count). The van der Waals surface area contributed by atoms with E-state index in [1.165, 1.54) is 0 Å². The Morgan fingerprint density at radius 1 is 0.864 bits per heavy atom. The van der Waals surface area contributed by atoms with Crippen molar-refractivity contribution in [2.75, 3.05) is 11.5 Å². The number of nitrogen functional groups attached to an aromatic ring is 2. The standard InChI is InChI=1S/C17H25N5/c1-10(18)8-13-15(12-6-4-3-5-7-12)14(9-11(2)19)17(21)22-16(13)20/h3-7,10-11H,8-9,18-19H2,1-2H3,(H4,20,21,22). The van der Waals surface area contributed by atoms with Crippen molar-refractivity contribution in [3.63, 3.8) is 0 Å². The van der Waals surface area contributed by atoms with E-state index in [9.17, 15) is 0 Å². The number of benzene rings is 1. The monoisotopic (exact) mass is 299 g/mol. The fraction of sp³-hybridized carbons (Fsp3) is 0.353. The van der Waals surface area contributed by atoms with E-state index in [4.69, 9.17) is 22.9 Å². The van der Waals surface area contributed by atoms with Crippen LogP contribution in [-0.2, 0) is 12.8 Å². The first kappa shape index (κ1) is 16.3. The molecule has 0 aliphatic carbocycles. The van der Waals surface area contributed by atoms with E-state index >= 15 is 0 Å². The van der Waals surface area contributed by atoms with Crippen molar-refractivity contribution in [3.05, 3.63) is 41.5 Å². The maximum absolute atomic E-state index is 6.13. The summed E-state index contributed by atoms with van der Waals surface area (Å²) in [5.74, 6) is 0.893. The minimum absolute atomic E-state index is 0.0154. The fourth-order valence-corrected chi connectivity index (χ4v) is 2.71. The van der Waals surface area contributed by atoms with E-state index < -0.39 is 0 Å². The number of hydrogen-bond acceptors (Lipinski definition) is 5. The second-order valence-electron chi connectivity index (χ2n) is 5.94. The average Bonchev–Trinajstić information content (AvgIpc) is 2.44. The van der Waals surface area contributed by atoms with Gasteiger partial charge in [-0.15, -0.1) is 0 Å². The molecule has 8 N–H and O–H groups in total. The van der Waals surface area contributed by atoms with Crippen LogP contribution in [0.3, 0.4) is 0 Å². The van der Waals surface area contributed by atoms with Crippen LogP contribution in [0, 0.1) is 0 Å². The Labute approximate surface area is 131 Å². The average molecular weight is 299 g/mol. The molecule has 0 radical (unpaired) electrons. The highest BCUT2D eigenvalue weighted by atomic mass is 14.9. The predicted molar refractivity (Wildman–Crippen MR) is 93.2 cm³/mol. The van der Waals surface area contributed by atoms with Gasteiger partial charge in [0.25, 0.3) is 0 Å². The topological polar surface area (TPSA) is 117 Å². The highest BCUT2D eigenvalue weighted by Gasteiger charge is 2.20. The SMILES string of the molecule is CC(N)Cc1c(N)nc(N)c(CC(C)N)c1-c1ccccc1. The Balaban J connectivity index is 2.72. The van der Waals surface area contributed by atoms with Crippen molar-refractivity contribution in [3.8, 4) is 11.1 Å². The molecule has 0 saturated heterocycles. The molecule has 0 amide bonds. The zero-order valence-electron chi connectivity index (χ0n) is 13.2. The zero-order valence-corrected chi connectivity index (χ0v) is 13.2. The summed E-state index contributed by atoms with van der Waals surface area (Å²) in [5.41, 5.74) is 28.2. The van der Waals surface area contributed by atoms with Crippen LogP contribution in [0.2, 0.25) is 0 Å². The van der Waals surface area contributed by atoms with Gasteiger partial charge in [-0.05, 0) is 37.8 Å². The Morgan fingerprint density at radius 3 is 1.73 bits per heavy atom. The molecule has 2 atom stereocenters. The van der Waals surface area contributed by atoms with E-state index in [0.29, 0.717) is 24.5 Å². The molecule has 1 heterocycles. The van der Waals surface area contributed by atoms with E-state index in [1.807, 2.05) is 44.2 Å². The first-order chi connectivity index (χ1) is 10.4. The summed E-state index contributed by atoms with van der Waals surface area (Å²) in [6, 6.07) is 10.0. The van der Waals surface area contributed by atoms with Crippen molar-refractivity contribution in [1.82, 2.24) is 4.98 Å². The van der Waals surface area contributed by atoms with Gasteiger partial charge in [-0.25, -0.2) is 4.98 Å². The third-order valence-electron chi connectivity index (χ3n) is 3.58. The lowest BCUT2D eigenvalue weighted by atomic mass is 9.89. The van der Waals surface area contributed by atoms with Crippen LogP contribution in [-0.4, -0.2) is 17.1 Å². The molecule has 2 unspecified atom stereocenters. The molecule has 5 heteroatoms. The van der Waals surface area contributed by atoms with Crippen LogP contribution in [0.4, 0.5) is 11.6 Å². The molecule has 0 fully saturated rings. The highest BCUT2D eigenvalue weighted by molar-refractivity contribution is 5.79. The molecular weight excluding hydrogens is 274 g/mol. The summed E-state index contributed by atoms with van der Waals surface area (Å²) in [6.07, 6.45) is 1.30. The normalized spacial score (nSPS) is 13.8. The quantitative estimate of drug-likeness (QED) is 0.670. The Morgan fingerprint density at radius 2 is 1.32 bits per heavy atom. The first-order valence-electron chi connectivity index (χ1n) is 7.53. The summed E-state index contributed by atoms with van der Waals surface area (Å²) < 4.78 is 0. The molecule has 2 aromatic rings. The van der Waals surface area contributed by atoms with Crippen LogP contribution in [0.15, 0.2) is 30.3 Å². The first-order valence-corrected chi connectivity index (χ1v) is 7.53. The minimum atomic E-state index is -0.0154. The van der Waals surface area contributed by atoms with Crippen molar-refractivity contribution in [1.29, 1.82) is 0 Å². The molecule has 0 saturated carbocycles. The smallest absolute Gasteiger partial charge is 0.129 e. The second kappa shape index (κ2) is 6.77. The van der Waals surface area contributed by atoms with E-state index in [-0.39, 0.29) is 12.1 Å². The molecule has 0 spiro atoms. The molecule has 0 bridgehead atoms. The summed E-state index contributed by atoms with van der Waals surface area (Å²) in [6.45, 7) is 3.91. The lowest BCUT2D eigenvalue weighted by Crippen LogP contribution is -2.23. The molecular formula is C17H25N5. The molecule has 118 valence electrons. The predicted octanol–water partition coefficient (Wildman–Crippen LogP) is 1.69. The molecule has 0 aliphatic heterocycles. The molecule has 22 heavy (non-hydrogen) atoms. The number of rotatable bonds is 5. The van der Waals surface area contributed by atoms with Crippen LogP contribution < -0.4 is 22.9 Å². The van der Waals surface area contributed by atoms with E-state index in [2.05, 4.69) is 4.98 Å². The zero-order chi connectivity index (χ0) is 16.3. The Hall–Kier alpha value is -2.11. The van der Waals surface area contributed by atoms with Crippen molar-refractivity contribution in [2.24, 2.45) is 11.5 Å². The number of pyridine rings is 1. The van der Waals surface area contributed by atoms with Gasteiger partial charge in [0, 0.05) is 23.2 Å². The number of nitrogens with two attached hydrogens (primary N) is 4. The van der Waals surface area contributed by atoms with Crippen LogP contribution in [0.25, 0.3) is 11.1 Å². The van der Waals surface area contributed by atoms with E-state index in [1.54, 1.807) is 0 Å². The lowest BCUT2D eigenvalue weighted by Gasteiger charge is -2.21. The van der Waals surface area contributed by atoms with Crippen molar-refractivity contribution < 1.29 is 0 Å². The lowest BCUT2D eigenvalue weighted by molar-refractivity contribution is 0.725. The summed E-state index contributed by atoms with van der Waals surface area (Å²) in [4.78, 5) is 4.31. The fourth-order valence-electron chi connectivity index (χ4n) is 2.71. The molecule has 1 aromatic carbocycles. The summed E-state index contributed by atoms with van der Waals surface area (Å²) in [5, 5.41) is 0. The number of aromatic nitrogens is 1. The van der Waals surface area contributed by atoms with Gasteiger partial charge in [-0.3, -0.25) is 0 Å². The Bertz CT molecular complexity index is 601. The Kier molecular flexibility index (Phi) is 5.00. The molecule has 1 aromatic heterocycles. The third-order valence-corrected chi connectivity index (χ3v) is 3.58. The van der Waals surface area contributed by atoms with Crippen LogP contribution in [0.1, 0.15) is 25.0 Å². The van der Waals surface area contributed by atoms with Crippen LogP contribution >= 0.6 is 0 Å². The van der Waals surface area contributed by atoms with Crippen molar-refractivity contribution >= 4 is 11.6 Å². The van der Waals surface area contributed by atoms with Gasteiger partial charge >= 0.3 is 0 Å². The second-order valence-corrected chi connectivity index (χ2v) is 5.94. The summed E-state index contributed by atoms with van der Waals surface area (Å²) in [7, 11) is 0. The highest BCUT2D eigenvalue weighted by Crippen LogP contribution is 2.35. The minimum Gasteiger partial charge on any atom is -0.383 e. The maximum Gasteiger partial charge on any atom is 0.129 e. The largest absolute Gasteiger partial charge is 0.383 e. The molecule has 0 aliphatic rings. The number of hydrogen-bond donors (Lipinski definition) is 4. The van der Waals surface area contributed by atoms with Gasteiger partial charge in [-0.1, -0.05) is 30.3 Å². The van der Waals surface area contributed by atoms with Gasteiger partial charge in [0.1, 0.15) is 11.6 Å². The van der Waals surface area contributed by atoms with Gasteiger partial charge in [0.2, 0.25) is 0 Å². The number of anilines is 2. The number of nitrogens with zero attached hydrogens (tertiary/aromatic N) is 1.